The predicted octanol–water partition coefficient (Wildman–Crippen LogP) is 3.10. The Morgan fingerprint density at radius 3 is 2.54 bits per heavy atom. The molecule has 2 aromatic carbocycles. The zero-order chi connectivity index (χ0) is 18.9. The van der Waals surface area contributed by atoms with Crippen molar-refractivity contribution in [2.75, 3.05) is 7.11 Å². The largest absolute Gasteiger partial charge is 0.497 e. The van der Waals surface area contributed by atoms with Crippen molar-refractivity contribution in [2.24, 2.45) is 0 Å². The number of methoxy groups -OCH3 is 1. The molecule has 0 bridgehead atoms. The minimum atomic E-state index is -4.18. The van der Waals surface area contributed by atoms with E-state index in [1.807, 2.05) is 0 Å². The highest BCUT2D eigenvalue weighted by Gasteiger charge is 2.41. The van der Waals surface area contributed by atoms with Gasteiger partial charge in [0.05, 0.1) is 18.1 Å². The number of halogens is 1. The summed E-state index contributed by atoms with van der Waals surface area (Å²) >= 11 is 0. The summed E-state index contributed by atoms with van der Waals surface area (Å²) < 4.78 is 46.3. The third kappa shape index (κ3) is 3.54. The molecule has 0 atom stereocenters. The van der Waals surface area contributed by atoms with E-state index >= 15 is 0 Å². The molecule has 138 valence electrons. The van der Waals surface area contributed by atoms with E-state index in [-0.39, 0.29) is 23.9 Å². The highest BCUT2D eigenvalue weighted by Crippen LogP contribution is 2.37. The normalized spacial score (nSPS) is 14.4. The standard InChI is InChI=1S/C17H17FN2O5S/c1-25-14-8-9-17(16(10-14)20(21)22)26(23,24)19(13-6-7-13)11-12-4-2-3-5-15(12)18/h2-5,8-10,13H,6-7,11H2,1H3. The minimum Gasteiger partial charge on any atom is -0.497 e. The quantitative estimate of drug-likeness (QED) is 0.544. The van der Waals surface area contributed by atoms with Crippen molar-refractivity contribution >= 4 is 15.7 Å². The average Bonchev–Trinajstić information content (AvgIpc) is 3.45. The van der Waals surface area contributed by atoms with Crippen LogP contribution in [0, 0.1) is 15.9 Å². The lowest BCUT2D eigenvalue weighted by Crippen LogP contribution is -2.33. The summed E-state index contributed by atoms with van der Waals surface area (Å²) in [5, 5.41) is 11.4. The summed E-state index contributed by atoms with van der Waals surface area (Å²) in [6.45, 7) is -0.178. The van der Waals surface area contributed by atoms with Crippen LogP contribution in [0.1, 0.15) is 18.4 Å². The first-order valence-corrected chi connectivity index (χ1v) is 9.36. The number of nitro groups is 1. The number of hydrogen-bond donors (Lipinski definition) is 0. The van der Waals surface area contributed by atoms with Gasteiger partial charge >= 0.3 is 0 Å². The van der Waals surface area contributed by atoms with E-state index in [0.717, 1.165) is 16.4 Å². The summed E-state index contributed by atoms with van der Waals surface area (Å²) in [6.07, 6.45) is 1.27. The minimum absolute atomic E-state index is 0.178. The van der Waals surface area contributed by atoms with Gasteiger partial charge in [-0.3, -0.25) is 10.1 Å². The number of hydrogen-bond acceptors (Lipinski definition) is 5. The van der Waals surface area contributed by atoms with Crippen molar-refractivity contribution in [3.8, 4) is 5.75 Å². The van der Waals surface area contributed by atoms with Gasteiger partial charge in [-0.25, -0.2) is 12.8 Å². The predicted molar refractivity (Wildman–Crippen MR) is 91.8 cm³/mol. The van der Waals surface area contributed by atoms with Gasteiger partial charge in [0.1, 0.15) is 11.6 Å². The van der Waals surface area contributed by atoms with Gasteiger partial charge in [0.2, 0.25) is 10.0 Å². The Balaban J connectivity index is 2.04. The second kappa shape index (κ2) is 7.00. The molecule has 1 saturated carbocycles. The van der Waals surface area contributed by atoms with Crippen molar-refractivity contribution in [1.82, 2.24) is 4.31 Å². The molecule has 26 heavy (non-hydrogen) atoms. The van der Waals surface area contributed by atoms with E-state index in [1.54, 1.807) is 6.07 Å². The summed E-state index contributed by atoms with van der Waals surface area (Å²) in [4.78, 5) is 10.2. The lowest BCUT2D eigenvalue weighted by molar-refractivity contribution is -0.387. The molecule has 0 unspecified atom stereocenters. The first-order valence-electron chi connectivity index (χ1n) is 7.92. The fraction of sp³-hybridized carbons (Fsp3) is 0.294. The number of benzene rings is 2. The van der Waals surface area contributed by atoms with Crippen LogP contribution in [0.25, 0.3) is 0 Å². The third-order valence-electron chi connectivity index (χ3n) is 4.19. The topological polar surface area (TPSA) is 89.8 Å². The molecule has 9 heteroatoms. The lowest BCUT2D eigenvalue weighted by Gasteiger charge is -2.22. The highest BCUT2D eigenvalue weighted by atomic mass is 32.2. The lowest BCUT2D eigenvalue weighted by atomic mass is 10.2. The van der Waals surface area contributed by atoms with Gasteiger partial charge in [-0.1, -0.05) is 18.2 Å². The van der Waals surface area contributed by atoms with Crippen LogP contribution < -0.4 is 4.74 Å². The monoisotopic (exact) mass is 380 g/mol. The molecule has 0 aliphatic heterocycles. The first-order chi connectivity index (χ1) is 12.3. The van der Waals surface area contributed by atoms with Crippen LogP contribution in [0.4, 0.5) is 10.1 Å². The van der Waals surface area contributed by atoms with E-state index in [0.29, 0.717) is 12.8 Å². The Morgan fingerprint density at radius 1 is 1.27 bits per heavy atom. The number of nitro benzene ring substituents is 1. The van der Waals surface area contributed by atoms with E-state index in [2.05, 4.69) is 0 Å². The van der Waals surface area contributed by atoms with Gasteiger partial charge in [0, 0.05) is 18.2 Å². The zero-order valence-corrected chi connectivity index (χ0v) is 14.8. The van der Waals surface area contributed by atoms with Gasteiger partial charge in [-0.15, -0.1) is 0 Å². The summed E-state index contributed by atoms with van der Waals surface area (Å²) in [5.74, 6) is -0.333. The Morgan fingerprint density at radius 2 is 1.96 bits per heavy atom. The van der Waals surface area contributed by atoms with Crippen LogP contribution in [-0.4, -0.2) is 30.8 Å². The van der Waals surface area contributed by atoms with Crippen LogP contribution in [0.2, 0.25) is 0 Å². The molecule has 0 heterocycles. The molecule has 2 aromatic rings. The van der Waals surface area contributed by atoms with Gasteiger partial charge in [-0.2, -0.15) is 4.31 Å². The molecule has 0 saturated heterocycles. The average molecular weight is 380 g/mol. The summed E-state index contributed by atoms with van der Waals surface area (Å²) in [5.41, 5.74) is -0.345. The van der Waals surface area contributed by atoms with Gasteiger partial charge in [0.15, 0.2) is 4.90 Å². The van der Waals surface area contributed by atoms with Crippen LogP contribution >= 0.6 is 0 Å². The SMILES string of the molecule is COc1ccc(S(=O)(=O)N(Cc2ccccc2F)C2CC2)c([N+](=O)[O-])c1. The molecule has 7 nitrogen and oxygen atoms in total. The third-order valence-corrected chi connectivity index (χ3v) is 6.13. The molecule has 0 spiro atoms. The Hall–Kier alpha value is -2.52. The molecule has 1 aliphatic rings. The molecule has 0 N–H and O–H groups in total. The molecule has 3 rings (SSSR count). The molecular weight excluding hydrogens is 363 g/mol. The first kappa shape index (κ1) is 18.3. The number of sulfonamides is 1. The van der Waals surface area contributed by atoms with Gasteiger partial charge in [0.25, 0.3) is 5.69 Å². The molecule has 0 radical (unpaired) electrons. The van der Waals surface area contributed by atoms with Crippen LogP contribution in [0.5, 0.6) is 5.75 Å². The van der Waals surface area contributed by atoms with E-state index in [9.17, 15) is 22.9 Å². The number of rotatable bonds is 7. The van der Waals surface area contributed by atoms with Crippen LogP contribution in [-0.2, 0) is 16.6 Å². The summed E-state index contributed by atoms with van der Waals surface area (Å²) in [7, 11) is -2.85. The maximum absolute atomic E-state index is 14.0. The van der Waals surface area contributed by atoms with E-state index in [1.165, 1.54) is 31.4 Å². The van der Waals surface area contributed by atoms with Crippen molar-refractivity contribution in [3.63, 3.8) is 0 Å². The fourth-order valence-electron chi connectivity index (χ4n) is 2.68. The molecule has 1 fully saturated rings. The number of nitrogens with zero attached hydrogens (tertiary/aromatic N) is 2. The molecule has 1 aliphatic carbocycles. The molecule has 0 aromatic heterocycles. The second-order valence-electron chi connectivity index (χ2n) is 5.96. The number of ether oxygens (including phenoxy) is 1. The van der Waals surface area contributed by atoms with Gasteiger partial charge in [-0.05, 0) is 31.0 Å². The highest BCUT2D eigenvalue weighted by molar-refractivity contribution is 7.89. The van der Waals surface area contributed by atoms with Crippen molar-refractivity contribution < 1.29 is 22.5 Å². The van der Waals surface area contributed by atoms with E-state index < -0.39 is 31.3 Å². The Labute approximate surface area is 150 Å². The smallest absolute Gasteiger partial charge is 0.293 e. The summed E-state index contributed by atoms with van der Waals surface area (Å²) in [6, 6.07) is 9.18. The maximum Gasteiger partial charge on any atom is 0.293 e. The zero-order valence-electron chi connectivity index (χ0n) is 14.0. The van der Waals surface area contributed by atoms with E-state index in [4.69, 9.17) is 4.74 Å². The fourth-order valence-corrected chi connectivity index (χ4v) is 4.48. The Kier molecular flexibility index (Phi) is 4.92. The van der Waals surface area contributed by atoms with Crippen molar-refractivity contribution in [3.05, 3.63) is 64.0 Å². The van der Waals surface area contributed by atoms with Crippen molar-refractivity contribution in [2.45, 2.75) is 30.3 Å². The Bertz CT molecular complexity index is 944. The van der Waals surface area contributed by atoms with Crippen LogP contribution in [0.15, 0.2) is 47.4 Å². The molecule has 0 amide bonds. The van der Waals surface area contributed by atoms with Crippen molar-refractivity contribution in [1.29, 1.82) is 0 Å². The second-order valence-corrected chi connectivity index (χ2v) is 7.82. The maximum atomic E-state index is 14.0. The molecular formula is C17H17FN2O5S. The van der Waals surface area contributed by atoms with Gasteiger partial charge < -0.3 is 4.74 Å². The van der Waals surface area contributed by atoms with Crippen LogP contribution in [0.3, 0.4) is 0 Å².